The summed E-state index contributed by atoms with van der Waals surface area (Å²) >= 11 is 0. The van der Waals surface area contributed by atoms with Crippen molar-refractivity contribution in [1.29, 1.82) is 0 Å². The number of carbonyl (C=O) groups is 1. The normalized spacial score (nSPS) is 17.9. The maximum atomic E-state index is 11.5. The van der Waals surface area contributed by atoms with Crippen LogP contribution in [0.2, 0.25) is 0 Å². The minimum absolute atomic E-state index is 0.300. The van der Waals surface area contributed by atoms with Crippen LogP contribution in [0.5, 0.6) is 0 Å². The highest BCUT2D eigenvalue weighted by Gasteiger charge is 2.24. The van der Waals surface area contributed by atoms with Gasteiger partial charge in [0.2, 0.25) is 0 Å². The zero-order chi connectivity index (χ0) is 13.9. The first-order chi connectivity index (χ1) is 8.94. The molecule has 2 rings (SSSR count). The van der Waals surface area contributed by atoms with E-state index in [2.05, 4.69) is 29.6 Å². The fourth-order valence-electron chi connectivity index (χ4n) is 1.76. The fraction of sp³-hybridized carbons (Fsp3) is 0.533. The summed E-state index contributed by atoms with van der Waals surface area (Å²) in [5, 5.41) is 2.75. The van der Waals surface area contributed by atoms with E-state index in [-0.39, 0.29) is 6.09 Å². The summed E-state index contributed by atoms with van der Waals surface area (Å²) in [6.45, 7) is 6.97. The van der Waals surface area contributed by atoms with Crippen molar-refractivity contribution in [2.24, 2.45) is 0 Å². The number of amides is 1. The van der Waals surface area contributed by atoms with Gasteiger partial charge in [0.25, 0.3) is 0 Å². The average Bonchev–Trinajstić information content (AvgIpc) is 3.11. The number of rotatable bonds is 4. The first-order valence-corrected chi connectivity index (χ1v) is 6.61. The number of epoxide rings is 1. The first-order valence-electron chi connectivity index (χ1n) is 6.61. The smallest absolute Gasteiger partial charge is 0.407 e. The first kappa shape index (κ1) is 13.9. The van der Waals surface area contributed by atoms with Gasteiger partial charge in [0.05, 0.1) is 6.61 Å². The third kappa shape index (κ3) is 4.91. The van der Waals surface area contributed by atoms with Crippen LogP contribution in [0, 0.1) is 0 Å². The van der Waals surface area contributed by atoms with Crippen LogP contribution in [-0.4, -0.2) is 24.8 Å². The van der Waals surface area contributed by atoms with E-state index < -0.39 is 5.60 Å². The number of nitrogens with one attached hydrogen (secondary N) is 1. The van der Waals surface area contributed by atoms with Crippen LogP contribution in [0.4, 0.5) is 4.79 Å². The summed E-state index contributed by atoms with van der Waals surface area (Å²) in [5.74, 6) is 0. The summed E-state index contributed by atoms with van der Waals surface area (Å²) in [4.78, 5) is 11.5. The molecule has 1 aliphatic rings. The molecule has 4 nitrogen and oxygen atoms in total. The zero-order valence-corrected chi connectivity index (χ0v) is 11.7. The summed E-state index contributed by atoms with van der Waals surface area (Å²) in [6.07, 6.45) is 0.731. The highest BCUT2D eigenvalue weighted by molar-refractivity contribution is 5.67. The molecule has 1 aromatic rings. The molecule has 0 spiro atoms. The van der Waals surface area contributed by atoms with Gasteiger partial charge in [-0.15, -0.1) is 0 Å². The molecule has 0 bridgehead atoms. The summed E-state index contributed by atoms with van der Waals surface area (Å²) in [6, 6.07) is 8.32. The second-order valence-corrected chi connectivity index (χ2v) is 5.74. The molecule has 1 atom stereocenters. The molecule has 0 aromatic heterocycles. The maximum Gasteiger partial charge on any atom is 0.407 e. The summed E-state index contributed by atoms with van der Waals surface area (Å²) < 4.78 is 10.4. The molecule has 19 heavy (non-hydrogen) atoms. The summed E-state index contributed by atoms with van der Waals surface area (Å²) in [7, 11) is 0. The molecular weight excluding hydrogens is 242 g/mol. The second-order valence-electron chi connectivity index (χ2n) is 5.74. The van der Waals surface area contributed by atoms with Crippen LogP contribution in [0.3, 0.4) is 0 Å². The Kier molecular flexibility index (Phi) is 4.10. The molecule has 0 aliphatic carbocycles. The van der Waals surface area contributed by atoms with Gasteiger partial charge in [0.1, 0.15) is 11.7 Å². The topological polar surface area (TPSA) is 50.9 Å². The van der Waals surface area contributed by atoms with Crippen LogP contribution in [-0.2, 0) is 15.9 Å². The van der Waals surface area contributed by atoms with E-state index >= 15 is 0 Å². The second kappa shape index (κ2) is 5.61. The molecule has 1 amide bonds. The van der Waals surface area contributed by atoms with Gasteiger partial charge in [0.15, 0.2) is 0 Å². The van der Waals surface area contributed by atoms with Crippen LogP contribution in [0.1, 0.15) is 38.0 Å². The molecule has 1 saturated heterocycles. The van der Waals surface area contributed by atoms with Crippen molar-refractivity contribution < 1.29 is 14.3 Å². The Morgan fingerprint density at radius 3 is 2.53 bits per heavy atom. The van der Waals surface area contributed by atoms with Gasteiger partial charge in [-0.25, -0.2) is 4.79 Å². The molecule has 1 aliphatic heterocycles. The van der Waals surface area contributed by atoms with Crippen molar-refractivity contribution >= 4 is 6.09 Å². The Morgan fingerprint density at radius 1 is 1.37 bits per heavy atom. The molecule has 1 unspecified atom stereocenters. The monoisotopic (exact) mass is 263 g/mol. The quantitative estimate of drug-likeness (QED) is 0.850. The van der Waals surface area contributed by atoms with E-state index in [9.17, 15) is 4.79 Å². The van der Waals surface area contributed by atoms with E-state index in [0.717, 1.165) is 13.0 Å². The number of carbonyl (C=O) groups excluding carboxylic acids is 1. The third-order valence-electron chi connectivity index (χ3n) is 2.77. The van der Waals surface area contributed by atoms with Gasteiger partial charge >= 0.3 is 6.09 Å². The van der Waals surface area contributed by atoms with Crippen molar-refractivity contribution in [3.63, 3.8) is 0 Å². The Labute approximate surface area is 114 Å². The predicted molar refractivity (Wildman–Crippen MR) is 73.1 cm³/mol. The van der Waals surface area contributed by atoms with Crippen molar-refractivity contribution in [3.05, 3.63) is 35.4 Å². The van der Waals surface area contributed by atoms with Gasteiger partial charge in [-0.1, -0.05) is 24.3 Å². The van der Waals surface area contributed by atoms with Crippen molar-refractivity contribution in [2.75, 3.05) is 13.2 Å². The number of alkyl carbamates (subject to hydrolysis) is 1. The lowest BCUT2D eigenvalue weighted by atomic mass is 10.1. The lowest BCUT2D eigenvalue weighted by Gasteiger charge is -2.19. The molecule has 0 radical (unpaired) electrons. The van der Waals surface area contributed by atoms with Gasteiger partial charge in [-0.2, -0.15) is 0 Å². The van der Waals surface area contributed by atoms with Gasteiger partial charge in [-0.3, -0.25) is 0 Å². The molecule has 1 N–H and O–H groups in total. The maximum absolute atomic E-state index is 11.5. The number of hydrogen-bond donors (Lipinski definition) is 1. The van der Waals surface area contributed by atoms with Crippen LogP contribution in [0.15, 0.2) is 24.3 Å². The van der Waals surface area contributed by atoms with Crippen LogP contribution in [0.25, 0.3) is 0 Å². The van der Waals surface area contributed by atoms with Crippen molar-refractivity contribution in [3.8, 4) is 0 Å². The Hall–Kier alpha value is -1.55. The van der Waals surface area contributed by atoms with Crippen LogP contribution >= 0.6 is 0 Å². The molecule has 104 valence electrons. The lowest BCUT2D eigenvalue weighted by Crippen LogP contribution is -2.33. The molecule has 0 saturated carbocycles. The molecule has 1 heterocycles. The van der Waals surface area contributed by atoms with Gasteiger partial charge in [-0.05, 0) is 38.3 Å². The Bertz CT molecular complexity index is 430. The van der Waals surface area contributed by atoms with E-state index in [1.807, 2.05) is 20.8 Å². The summed E-state index contributed by atoms with van der Waals surface area (Å²) in [5.41, 5.74) is 1.97. The molecule has 1 fully saturated rings. The minimum atomic E-state index is -0.448. The number of benzene rings is 1. The zero-order valence-electron chi connectivity index (χ0n) is 11.7. The standard InChI is InChI=1S/C15H21NO3/c1-15(2,3)19-14(17)16-9-8-11-4-6-12(7-5-11)13-10-18-13/h4-7,13H,8-10H2,1-3H3,(H,16,17). The van der Waals surface area contributed by atoms with E-state index in [1.54, 1.807) is 0 Å². The largest absolute Gasteiger partial charge is 0.444 e. The fourth-order valence-corrected chi connectivity index (χ4v) is 1.76. The molecule has 4 heteroatoms. The minimum Gasteiger partial charge on any atom is -0.444 e. The Morgan fingerprint density at radius 2 is 2.00 bits per heavy atom. The van der Waals surface area contributed by atoms with Crippen LogP contribution < -0.4 is 5.32 Å². The van der Waals surface area contributed by atoms with Gasteiger partial charge in [0, 0.05) is 6.54 Å². The number of ether oxygens (including phenoxy) is 2. The van der Waals surface area contributed by atoms with E-state index in [0.29, 0.717) is 12.6 Å². The van der Waals surface area contributed by atoms with E-state index in [1.165, 1.54) is 11.1 Å². The third-order valence-corrected chi connectivity index (χ3v) is 2.77. The van der Waals surface area contributed by atoms with Gasteiger partial charge < -0.3 is 14.8 Å². The molecule has 1 aromatic carbocycles. The SMILES string of the molecule is CC(C)(C)OC(=O)NCCc1ccc(C2CO2)cc1. The van der Waals surface area contributed by atoms with Crippen molar-refractivity contribution in [1.82, 2.24) is 5.32 Å². The van der Waals surface area contributed by atoms with Crippen molar-refractivity contribution in [2.45, 2.75) is 38.9 Å². The number of hydrogen-bond acceptors (Lipinski definition) is 3. The highest BCUT2D eigenvalue weighted by Crippen LogP contribution is 2.29. The predicted octanol–water partition coefficient (Wildman–Crippen LogP) is 2.83. The Balaban J connectivity index is 1.71. The average molecular weight is 263 g/mol. The molecular formula is C15H21NO3. The highest BCUT2D eigenvalue weighted by atomic mass is 16.6. The van der Waals surface area contributed by atoms with E-state index in [4.69, 9.17) is 9.47 Å². The lowest BCUT2D eigenvalue weighted by molar-refractivity contribution is 0.0528.